The van der Waals surface area contributed by atoms with Gasteiger partial charge in [-0.25, -0.2) is 14.8 Å². The Balaban J connectivity index is 1.70. The molecule has 0 saturated carbocycles. The van der Waals surface area contributed by atoms with Gasteiger partial charge in [0.2, 0.25) is 11.9 Å². The van der Waals surface area contributed by atoms with Gasteiger partial charge in [0.05, 0.1) is 24.3 Å². The zero-order valence-corrected chi connectivity index (χ0v) is 14.0. The van der Waals surface area contributed by atoms with Crippen LogP contribution >= 0.6 is 0 Å². The fraction of sp³-hybridized carbons (Fsp3) is 0.333. The van der Waals surface area contributed by atoms with Crippen LogP contribution in [0.2, 0.25) is 0 Å². The Morgan fingerprint density at radius 3 is 2.72 bits per heavy atom. The number of hydrogen-bond donors (Lipinski definition) is 1. The second-order valence-electron chi connectivity index (χ2n) is 5.86. The number of carbonyl (C=O) groups is 2. The molecule has 1 aromatic carbocycles. The normalized spacial score (nSPS) is 17.0. The Labute approximate surface area is 146 Å². The molecule has 7 heteroatoms. The number of aromatic nitrogens is 2. The highest BCUT2D eigenvalue weighted by Gasteiger charge is 2.27. The van der Waals surface area contributed by atoms with E-state index in [0.29, 0.717) is 23.7 Å². The first-order valence-corrected chi connectivity index (χ1v) is 8.19. The number of esters is 1. The van der Waals surface area contributed by atoms with Crippen molar-refractivity contribution < 1.29 is 14.3 Å². The molecule has 1 N–H and O–H groups in total. The van der Waals surface area contributed by atoms with Gasteiger partial charge in [-0.1, -0.05) is 12.1 Å². The van der Waals surface area contributed by atoms with Crippen LogP contribution in [0.25, 0.3) is 0 Å². The minimum Gasteiger partial charge on any atom is -0.465 e. The van der Waals surface area contributed by atoms with Crippen LogP contribution in [-0.4, -0.2) is 42.0 Å². The summed E-state index contributed by atoms with van der Waals surface area (Å²) in [7, 11) is 1.32. The molecular formula is C18H20N4O3. The number of para-hydroxylation sites is 1. The van der Waals surface area contributed by atoms with Gasteiger partial charge in [0.1, 0.15) is 0 Å². The molecule has 0 spiro atoms. The van der Waals surface area contributed by atoms with Crippen molar-refractivity contribution in [1.29, 1.82) is 0 Å². The highest BCUT2D eigenvalue weighted by atomic mass is 16.5. The summed E-state index contributed by atoms with van der Waals surface area (Å²) in [5.41, 5.74) is 0.810. The van der Waals surface area contributed by atoms with Crippen molar-refractivity contribution in [3.8, 4) is 0 Å². The second kappa shape index (κ2) is 7.74. The van der Waals surface area contributed by atoms with Crippen LogP contribution in [0.5, 0.6) is 0 Å². The third-order valence-corrected chi connectivity index (χ3v) is 4.22. The van der Waals surface area contributed by atoms with Gasteiger partial charge < -0.3 is 15.0 Å². The van der Waals surface area contributed by atoms with E-state index in [4.69, 9.17) is 4.74 Å². The Hall–Kier alpha value is -2.96. The molecular weight excluding hydrogens is 320 g/mol. The second-order valence-corrected chi connectivity index (χ2v) is 5.86. The van der Waals surface area contributed by atoms with Crippen LogP contribution in [0.1, 0.15) is 23.2 Å². The molecule has 2 aromatic rings. The number of nitrogens with one attached hydrogen (secondary N) is 1. The summed E-state index contributed by atoms with van der Waals surface area (Å²) < 4.78 is 4.76. The molecule has 0 radical (unpaired) electrons. The standard InChI is InChI=1S/C18H20N4O3/c1-25-17(24)14-7-2-3-8-15(14)21-16(23)13-6-4-11-22(12-13)18-19-9-5-10-20-18/h2-3,5,7-10,13H,4,6,11-12H2,1H3,(H,21,23). The quantitative estimate of drug-likeness (QED) is 0.858. The molecule has 2 heterocycles. The van der Waals surface area contributed by atoms with Crippen LogP contribution in [0.15, 0.2) is 42.7 Å². The van der Waals surface area contributed by atoms with Crippen molar-refractivity contribution in [2.24, 2.45) is 5.92 Å². The van der Waals surface area contributed by atoms with Crippen molar-refractivity contribution in [2.45, 2.75) is 12.8 Å². The largest absolute Gasteiger partial charge is 0.465 e. The molecule has 1 aromatic heterocycles. The van der Waals surface area contributed by atoms with Crippen molar-refractivity contribution in [3.05, 3.63) is 48.3 Å². The lowest BCUT2D eigenvalue weighted by Crippen LogP contribution is -2.41. The van der Waals surface area contributed by atoms with Crippen LogP contribution in [0.3, 0.4) is 0 Å². The molecule has 1 atom stereocenters. The monoisotopic (exact) mass is 340 g/mol. The number of ether oxygens (including phenoxy) is 1. The van der Waals surface area contributed by atoms with Gasteiger partial charge in [-0.05, 0) is 31.0 Å². The third-order valence-electron chi connectivity index (χ3n) is 4.22. The van der Waals surface area contributed by atoms with Gasteiger partial charge in [-0.3, -0.25) is 4.79 Å². The molecule has 7 nitrogen and oxygen atoms in total. The van der Waals surface area contributed by atoms with Crippen LogP contribution < -0.4 is 10.2 Å². The van der Waals surface area contributed by atoms with Gasteiger partial charge in [0.15, 0.2) is 0 Å². The lowest BCUT2D eigenvalue weighted by molar-refractivity contribution is -0.120. The highest BCUT2D eigenvalue weighted by molar-refractivity contribution is 6.02. The molecule has 0 bridgehead atoms. The fourth-order valence-corrected chi connectivity index (χ4v) is 2.94. The number of anilines is 2. The third kappa shape index (κ3) is 3.93. The molecule has 130 valence electrons. The van der Waals surface area contributed by atoms with Crippen molar-refractivity contribution in [1.82, 2.24) is 9.97 Å². The first-order valence-electron chi connectivity index (χ1n) is 8.19. The number of hydrogen-bond acceptors (Lipinski definition) is 6. The zero-order chi connectivity index (χ0) is 17.6. The molecule has 1 amide bonds. The Bertz CT molecular complexity index is 751. The first-order chi connectivity index (χ1) is 12.2. The number of amides is 1. The predicted octanol–water partition coefficient (Wildman–Crippen LogP) is 2.12. The van der Waals surface area contributed by atoms with Gasteiger partial charge in [-0.15, -0.1) is 0 Å². The molecule has 1 saturated heterocycles. The minimum atomic E-state index is -0.473. The summed E-state index contributed by atoms with van der Waals surface area (Å²) >= 11 is 0. The van der Waals surface area contributed by atoms with E-state index in [1.807, 2.05) is 4.90 Å². The van der Waals surface area contributed by atoms with Crippen molar-refractivity contribution in [3.63, 3.8) is 0 Å². The maximum absolute atomic E-state index is 12.7. The number of benzene rings is 1. The molecule has 3 rings (SSSR count). The predicted molar refractivity (Wildman–Crippen MR) is 93.4 cm³/mol. The number of rotatable bonds is 4. The molecule has 0 aliphatic carbocycles. The van der Waals surface area contributed by atoms with Crippen molar-refractivity contribution in [2.75, 3.05) is 30.4 Å². The summed E-state index contributed by atoms with van der Waals surface area (Å²) in [6.45, 7) is 1.38. The summed E-state index contributed by atoms with van der Waals surface area (Å²) in [5, 5.41) is 2.86. The first kappa shape index (κ1) is 16.9. The molecule has 25 heavy (non-hydrogen) atoms. The average Bonchev–Trinajstić information content (AvgIpc) is 2.68. The van der Waals surface area contributed by atoms with E-state index in [1.54, 1.807) is 42.7 Å². The van der Waals surface area contributed by atoms with E-state index < -0.39 is 5.97 Å². The van der Waals surface area contributed by atoms with Crippen LogP contribution in [0, 0.1) is 5.92 Å². The van der Waals surface area contributed by atoms with Crippen LogP contribution in [0.4, 0.5) is 11.6 Å². The number of piperidine rings is 1. The number of methoxy groups -OCH3 is 1. The van der Waals surface area contributed by atoms with E-state index in [0.717, 1.165) is 19.4 Å². The Morgan fingerprint density at radius 1 is 1.20 bits per heavy atom. The van der Waals surface area contributed by atoms with Gasteiger partial charge >= 0.3 is 5.97 Å². The summed E-state index contributed by atoms with van der Waals surface area (Å²) in [4.78, 5) is 35.0. The molecule has 1 aliphatic rings. The number of nitrogens with zero attached hydrogens (tertiary/aromatic N) is 3. The highest BCUT2D eigenvalue weighted by Crippen LogP contribution is 2.23. The van der Waals surface area contributed by atoms with E-state index in [2.05, 4.69) is 15.3 Å². The summed E-state index contributed by atoms with van der Waals surface area (Å²) in [6, 6.07) is 8.60. The van der Waals surface area contributed by atoms with Crippen LogP contribution in [-0.2, 0) is 9.53 Å². The zero-order valence-electron chi connectivity index (χ0n) is 14.0. The smallest absolute Gasteiger partial charge is 0.339 e. The molecule has 1 aliphatic heterocycles. The Morgan fingerprint density at radius 2 is 1.96 bits per heavy atom. The van der Waals surface area contributed by atoms with E-state index in [-0.39, 0.29) is 11.8 Å². The number of carbonyl (C=O) groups excluding carboxylic acids is 2. The van der Waals surface area contributed by atoms with Gasteiger partial charge in [-0.2, -0.15) is 0 Å². The minimum absolute atomic E-state index is 0.114. The molecule has 1 unspecified atom stereocenters. The van der Waals surface area contributed by atoms with E-state index in [9.17, 15) is 9.59 Å². The average molecular weight is 340 g/mol. The fourth-order valence-electron chi connectivity index (χ4n) is 2.94. The maximum atomic E-state index is 12.7. The lowest BCUT2D eigenvalue weighted by atomic mass is 9.97. The van der Waals surface area contributed by atoms with Gasteiger partial charge in [0, 0.05) is 25.5 Å². The van der Waals surface area contributed by atoms with Gasteiger partial charge in [0.25, 0.3) is 0 Å². The maximum Gasteiger partial charge on any atom is 0.339 e. The SMILES string of the molecule is COC(=O)c1ccccc1NC(=O)C1CCCN(c2ncccn2)C1. The van der Waals surface area contributed by atoms with E-state index in [1.165, 1.54) is 7.11 Å². The summed E-state index contributed by atoms with van der Waals surface area (Å²) in [6.07, 6.45) is 5.06. The lowest BCUT2D eigenvalue weighted by Gasteiger charge is -2.32. The summed E-state index contributed by atoms with van der Waals surface area (Å²) in [5.74, 6) is -0.144. The van der Waals surface area contributed by atoms with E-state index >= 15 is 0 Å². The topological polar surface area (TPSA) is 84.4 Å². The van der Waals surface area contributed by atoms with Crippen molar-refractivity contribution >= 4 is 23.5 Å². The molecule has 1 fully saturated rings. The Kier molecular flexibility index (Phi) is 5.23.